The second-order valence-electron chi connectivity index (χ2n) is 5.07. The number of carbonyl (C=O) groups is 1. The van der Waals surface area contributed by atoms with Gasteiger partial charge in [-0.15, -0.1) is 0 Å². The van der Waals surface area contributed by atoms with E-state index in [-0.39, 0.29) is 11.6 Å². The SMILES string of the molecule is COc1ccc(N2C(=O)C(=Cc3cccc([N+](=O)[O-])c3)SC2=S)cc1. The first-order valence-corrected chi connectivity index (χ1v) is 8.38. The molecule has 0 aliphatic carbocycles. The molecule has 0 aromatic heterocycles. The van der Waals surface area contributed by atoms with E-state index < -0.39 is 4.92 Å². The molecule has 0 atom stereocenters. The number of hydrogen-bond acceptors (Lipinski definition) is 6. The van der Waals surface area contributed by atoms with Gasteiger partial charge in [-0.1, -0.05) is 36.1 Å². The number of amides is 1. The summed E-state index contributed by atoms with van der Waals surface area (Å²) in [4.78, 5) is 24.9. The summed E-state index contributed by atoms with van der Waals surface area (Å²) in [6, 6.07) is 13.1. The highest BCUT2D eigenvalue weighted by Crippen LogP contribution is 2.36. The number of ether oxygens (including phenoxy) is 1. The van der Waals surface area contributed by atoms with E-state index in [0.29, 0.717) is 26.2 Å². The Hall–Kier alpha value is -2.71. The van der Waals surface area contributed by atoms with Gasteiger partial charge in [0.25, 0.3) is 11.6 Å². The zero-order chi connectivity index (χ0) is 18.0. The van der Waals surface area contributed by atoms with Crippen molar-refractivity contribution in [3.05, 3.63) is 69.1 Å². The van der Waals surface area contributed by atoms with Gasteiger partial charge in [0, 0.05) is 12.1 Å². The summed E-state index contributed by atoms with van der Waals surface area (Å²) in [6.07, 6.45) is 1.61. The van der Waals surface area contributed by atoms with E-state index in [1.54, 1.807) is 49.6 Å². The van der Waals surface area contributed by atoms with Gasteiger partial charge < -0.3 is 4.74 Å². The van der Waals surface area contributed by atoms with Gasteiger partial charge in [0.15, 0.2) is 4.32 Å². The Morgan fingerprint density at radius 1 is 1.24 bits per heavy atom. The maximum Gasteiger partial charge on any atom is 0.270 e. The minimum atomic E-state index is -0.472. The van der Waals surface area contributed by atoms with Crippen molar-refractivity contribution >= 4 is 51.7 Å². The Labute approximate surface area is 153 Å². The first-order chi connectivity index (χ1) is 12.0. The predicted molar refractivity (Wildman–Crippen MR) is 102 cm³/mol. The van der Waals surface area contributed by atoms with E-state index in [1.807, 2.05) is 0 Å². The summed E-state index contributed by atoms with van der Waals surface area (Å²) in [5.41, 5.74) is 1.19. The third-order valence-corrected chi connectivity index (χ3v) is 4.81. The number of nitrogens with zero attached hydrogens (tertiary/aromatic N) is 2. The molecule has 6 nitrogen and oxygen atoms in total. The van der Waals surface area contributed by atoms with Crippen LogP contribution in [0.1, 0.15) is 5.56 Å². The Balaban J connectivity index is 1.90. The summed E-state index contributed by atoms with van der Waals surface area (Å²) in [6.45, 7) is 0. The highest BCUT2D eigenvalue weighted by atomic mass is 32.2. The van der Waals surface area contributed by atoms with Crippen LogP contribution in [0.3, 0.4) is 0 Å². The van der Waals surface area contributed by atoms with Crippen LogP contribution in [0.25, 0.3) is 6.08 Å². The molecular formula is C17H12N2O4S2. The number of methoxy groups -OCH3 is 1. The molecule has 3 rings (SSSR count). The van der Waals surface area contributed by atoms with Gasteiger partial charge >= 0.3 is 0 Å². The summed E-state index contributed by atoms with van der Waals surface area (Å²) in [5.74, 6) is 0.424. The number of nitro groups is 1. The molecule has 1 fully saturated rings. The van der Waals surface area contributed by atoms with Gasteiger partial charge in [-0.2, -0.15) is 0 Å². The van der Waals surface area contributed by atoms with Gasteiger partial charge in [0.05, 0.1) is 22.6 Å². The zero-order valence-electron chi connectivity index (χ0n) is 13.0. The molecule has 25 heavy (non-hydrogen) atoms. The zero-order valence-corrected chi connectivity index (χ0v) is 14.7. The predicted octanol–water partition coefficient (Wildman–Crippen LogP) is 4.01. The van der Waals surface area contributed by atoms with Crippen molar-refractivity contribution in [1.29, 1.82) is 0 Å². The lowest BCUT2D eigenvalue weighted by Gasteiger charge is -2.14. The van der Waals surface area contributed by atoms with Crippen LogP contribution in [-0.4, -0.2) is 22.3 Å². The molecule has 0 N–H and O–H groups in total. The molecule has 0 spiro atoms. The summed E-state index contributed by atoms with van der Waals surface area (Å²) in [5, 5.41) is 10.9. The van der Waals surface area contributed by atoms with Crippen LogP contribution < -0.4 is 9.64 Å². The van der Waals surface area contributed by atoms with Crippen LogP contribution in [0.4, 0.5) is 11.4 Å². The second kappa shape index (κ2) is 7.04. The minimum Gasteiger partial charge on any atom is -0.497 e. The third kappa shape index (κ3) is 3.54. The number of rotatable bonds is 4. The number of thioether (sulfide) groups is 1. The lowest BCUT2D eigenvalue weighted by Crippen LogP contribution is -2.27. The lowest BCUT2D eigenvalue weighted by molar-refractivity contribution is -0.384. The van der Waals surface area contributed by atoms with E-state index in [2.05, 4.69) is 0 Å². The lowest BCUT2D eigenvalue weighted by atomic mass is 10.2. The number of carbonyl (C=O) groups excluding carboxylic acids is 1. The van der Waals surface area contributed by atoms with Crippen LogP contribution in [0.5, 0.6) is 5.75 Å². The van der Waals surface area contributed by atoms with Gasteiger partial charge in [-0.3, -0.25) is 19.8 Å². The van der Waals surface area contributed by atoms with Crippen LogP contribution in [0.15, 0.2) is 53.4 Å². The molecular weight excluding hydrogens is 360 g/mol. The quantitative estimate of drug-likeness (QED) is 0.349. The van der Waals surface area contributed by atoms with Gasteiger partial charge in [0.2, 0.25) is 0 Å². The summed E-state index contributed by atoms with van der Waals surface area (Å²) < 4.78 is 5.52. The number of benzene rings is 2. The standard InChI is InChI=1S/C17H12N2O4S2/c1-23-14-7-5-12(6-8-14)18-16(20)15(25-17(18)24)10-11-3-2-4-13(9-11)19(21)22/h2-10H,1H3. The third-order valence-electron chi connectivity index (χ3n) is 3.50. The summed E-state index contributed by atoms with van der Waals surface area (Å²) in [7, 11) is 1.57. The molecule has 0 unspecified atom stereocenters. The fourth-order valence-corrected chi connectivity index (χ4v) is 3.60. The van der Waals surface area contributed by atoms with Crippen molar-refractivity contribution in [1.82, 2.24) is 0 Å². The van der Waals surface area contributed by atoms with Gasteiger partial charge in [0.1, 0.15) is 5.75 Å². The monoisotopic (exact) mass is 372 g/mol. The van der Waals surface area contributed by atoms with Crippen LogP contribution in [0, 0.1) is 10.1 Å². The molecule has 0 bridgehead atoms. The van der Waals surface area contributed by atoms with E-state index in [4.69, 9.17) is 17.0 Å². The van der Waals surface area contributed by atoms with Crippen molar-refractivity contribution in [3.63, 3.8) is 0 Å². The second-order valence-corrected chi connectivity index (χ2v) is 6.74. The van der Waals surface area contributed by atoms with Gasteiger partial charge in [-0.05, 0) is 35.9 Å². The molecule has 1 aliphatic heterocycles. The normalized spacial score (nSPS) is 15.7. The maximum absolute atomic E-state index is 12.7. The van der Waals surface area contributed by atoms with Crippen molar-refractivity contribution in [2.24, 2.45) is 0 Å². The topological polar surface area (TPSA) is 72.7 Å². The smallest absolute Gasteiger partial charge is 0.270 e. The van der Waals surface area contributed by atoms with Gasteiger partial charge in [-0.25, -0.2) is 0 Å². The molecule has 126 valence electrons. The number of thiocarbonyl (C=S) groups is 1. The fourth-order valence-electron chi connectivity index (χ4n) is 2.30. The number of nitro benzene ring substituents is 1. The average Bonchev–Trinajstić information content (AvgIpc) is 2.89. The number of non-ortho nitro benzene ring substituents is 1. The van der Waals surface area contributed by atoms with E-state index in [9.17, 15) is 14.9 Å². The van der Waals surface area contributed by atoms with Crippen LogP contribution in [0.2, 0.25) is 0 Å². The molecule has 0 radical (unpaired) electrons. The molecule has 2 aromatic carbocycles. The van der Waals surface area contributed by atoms with Crippen molar-refractivity contribution in [3.8, 4) is 5.75 Å². The highest BCUT2D eigenvalue weighted by molar-refractivity contribution is 8.27. The Morgan fingerprint density at radius 3 is 2.60 bits per heavy atom. The molecule has 2 aromatic rings. The van der Waals surface area contributed by atoms with E-state index >= 15 is 0 Å². The van der Waals surface area contributed by atoms with Crippen molar-refractivity contribution in [2.45, 2.75) is 0 Å². The molecule has 8 heteroatoms. The molecule has 1 amide bonds. The Kier molecular flexibility index (Phi) is 4.82. The molecule has 0 saturated carbocycles. The Bertz CT molecular complexity index is 894. The van der Waals surface area contributed by atoms with Crippen molar-refractivity contribution < 1.29 is 14.5 Å². The summed E-state index contributed by atoms with van der Waals surface area (Å²) >= 11 is 6.47. The largest absolute Gasteiger partial charge is 0.497 e. The number of anilines is 1. The van der Waals surface area contributed by atoms with Crippen LogP contribution >= 0.6 is 24.0 Å². The minimum absolute atomic E-state index is 0.0283. The first-order valence-electron chi connectivity index (χ1n) is 7.16. The average molecular weight is 372 g/mol. The van der Waals surface area contributed by atoms with Crippen molar-refractivity contribution in [2.75, 3.05) is 12.0 Å². The Morgan fingerprint density at radius 2 is 1.96 bits per heavy atom. The van der Waals surface area contributed by atoms with E-state index in [1.165, 1.54) is 17.0 Å². The highest BCUT2D eigenvalue weighted by Gasteiger charge is 2.33. The maximum atomic E-state index is 12.7. The molecule has 1 aliphatic rings. The van der Waals surface area contributed by atoms with E-state index in [0.717, 1.165) is 11.8 Å². The number of hydrogen-bond donors (Lipinski definition) is 0. The fraction of sp³-hybridized carbons (Fsp3) is 0.0588. The van der Waals surface area contributed by atoms with Crippen LogP contribution in [-0.2, 0) is 4.79 Å². The first kappa shape index (κ1) is 17.1. The molecule has 1 heterocycles. The molecule has 1 saturated heterocycles.